The largest absolute Gasteiger partial charge is 0.348 e. The predicted octanol–water partition coefficient (Wildman–Crippen LogP) is 1.95. The number of hydrogen-bond donors (Lipinski definition) is 3. The van der Waals surface area contributed by atoms with Crippen LogP contribution in [0.1, 0.15) is 53.6 Å². The topological polar surface area (TPSA) is 111 Å². The third-order valence-electron chi connectivity index (χ3n) is 5.75. The number of imidazole rings is 1. The quantitative estimate of drug-likeness (QED) is 0.391. The van der Waals surface area contributed by atoms with Gasteiger partial charge in [0.15, 0.2) is 5.78 Å². The van der Waals surface area contributed by atoms with Crippen molar-refractivity contribution in [2.75, 3.05) is 0 Å². The van der Waals surface area contributed by atoms with Crippen LogP contribution in [0.3, 0.4) is 0 Å². The molecule has 4 aromatic rings. The molecule has 1 aliphatic rings. The van der Waals surface area contributed by atoms with Gasteiger partial charge in [0.1, 0.15) is 10.7 Å². The van der Waals surface area contributed by atoms with Crippen LogP contribution in [0, 0.1) is 0 Å². The second kappa shape index (κ2) is 7.41. The normalized spacial score (nSPS) is 14.0. The molecule has 0 aliphatic heterocycles. The van der Waals surface area contributed by atoms with E-state index in [1.165, 1.54) is 0 Å². The molecule has 0 saturated heterocycles. The van der Waals surface area contributed by atoms with Crippen LogP contribution >= 0.6 is 0 Å². The summed E-state index contributed by atoms with van der Waals surface area (Å²) in [7, 11) is 0. The molecule has 1 aliphatic carbocycles. The molecule has 0 radical (unpaired) electrons. The Morgan fingerprint density at radius 1 is 0.788 bits per heavy atom. The SMILES string of the molecule is CC(C)(C)c1[nH]cnc1/C=c1\[nH]c(=O)/c(=C/c2ccc3c(c2)C(=O)c2ccccc2-3)[nH]c1=O. The molecule has 0 atom stereocenters. The molecule has 2 heterocycles. The van der Waals surface area contributed by atoms with Gasteiger partial charge < -0.3 is 15.0 Å². The van der Waals surface area contributed by atoms with Gasteiger partial charge >= 0.3 is 0 Å². The number of aromatic nitrogens is 4. The Morgan fingerprint density at radius 2 is 1.42 bits per heavy atom. The van der Waals surface area contributed by atoms with Crippen molar-refractivity contribution >= 4 is 17.9 Å². The molecule has 0 amide bonds. The zero-order chi connectivity index (χ0) is 23.3. The fourth-order valence-corrected chi connectivity index (χ4v) is 4.15. The number of aromatic amines is 3. The van der Waals surface area contributed by atoms with E-state index in [4.69, 9.17) is 0 Å². The minimum absolute atomic E-state index is 0.0446. The number of hydrogen-bond acceptors (Lipinski definition) is 4. The van der Waals surface area contributed by atoms with Crippen molar-refractivity contribution < 1.29 is 4.79 Å². The molecular weight excluding hydrogens is 416 g/mol. The highest BCUT2D eigenvalue weighted by molar-refractivity contribution is 6.21. The summed E-state index contributed by atoms with van der Waals surface area (Å²) >= 11 is 0. The lowest BCUT2D eigenvalue weighted by Crippen LogP contribution is -2.46. The first-order valence-electron chi connectivity index (χ1n) is 10.6. The minimum Gasteiger partial charge on any atom is -0.348 e. The summed E-state index contributed by atoms with van der Waals surface area (Å²) < 4.78 is 0. The van der Waals surface area contributed by atoms with E-state index in [0.717, 1.165) is 16.8 Å². The smallest absolute Gasteiger partial charge is 0.272 e. The lowest BCUT2D eigenvalue weighted by molar-refractivity contribution is 0.104. The Bertz CT molecular complexity index is 1660. The maximum Gasteiger partial charge on any atom is 0.272 e. The summed E-state index contributed by atoms with van der Waals surface area (Å²) in [6, 6.07) is 12.9. The summed E-state index contributed by atoms with van der Waals surface area (Å²) in [4.78, 5) is 50.8. The van der Waals surface area contributed by atoms with Gasteiger partial charge in [0, 0.05) is 22.2 Å². The number of carbonyl (C=O) groups excluding carboxylic acids is 1. The second-order valence-corrected chi connectivity index (χ2v) is 9.12. The van der Waals surface area contributed by atoms with E-state index in [0.29, 0.717) is 22.4 Å². The number of rotatable bonds is 2. The predicted molar refractivity (Wildman–Crippen MR) is 127 cm³/mol. The first-order chi connectivity index (χ1) is 15.7. The maximum atomic E-state index is 12.8. The van der Waals surface area contributed by atoms with Crippen LogP contribution in [-0.2, 0) is 5.41 Å². The monoisotopic (exact) mass is 438 g/mol. The van der Waals surface area contributed by atoms with Crippen molar-refractivity contribution in [2.24, 2.45) is 0 Å². The average molecular weight is 438 g/mol. The van der Waals surface area contributed by atoms with Crippen LogP contribution in [0.4, 0.5) is 0 Å². The third kappa shape index (κ3) is 3.57. The van der Waals surface area contributed by atoms with Crippen molar-refractivity contribution in [1.82, 2.24) is 19.9 Å². The standard InChI is InChI=1S/C26H22N4O3/c1-26(2,3)23-19(27-13-28-23)12-21-25(33)29-20(24(32)30-21)11-14-8-9-16-15-6-4-5-7-17(15)22(31)18(16)10-14/h4-13H,1-3H3,(H,27,28)(H,29,33)(H,30,32)/b20-11-,21-12-. The lowest BCUT2D eigenvalue weighted by atomic mass is 9.90. The van der Waals surface area contributed by atoms with E-state index >= 15 is 0 Å². The number of benzene rings is 2. The Hall–Kier alpha value is -4.26. The average Bonchev–Trinajstić information content (AvgIpc) is 3.35. The molecule has 7 nitrogen and oxygen atoms in total. The Balaban J connectivity index is 1.58. The van der Waals surface area contributed by atoms with Crippen molar-refractivity contribution in [3.63, 3.8) is 0 Å². The van der Waals surface area contributed by atoms with Crippen molar-refractivity contribution in [3.05, 3.63) is 108 Å². The highest BCUT2D eigenvalue weighted by Crippen LogP contribution is 2.36. The van der Waals surface area contributed by atoms with Gasteiger partial charge in [-0.15, -0.1) is 0 Å². The maximum absolute atomic E-state index is 12.8. The van der Waals surface area contributed by atoms with E-state index < -0.39 is 11.1 Å². The molecule has 5 rings (SSSR count). The van der Waals surface area contributed by atoms with Crippen LogP contribution in [-0.4, -0.2) is 25.7 Å². The fourth-order valence-electron chi connectivity index (χ4n) is 4.15. The number of nitrogens with one attached hydrogen (secondary N) is 3. The first-order valence-corrected chi connectivity index (χ1v) is 10.6. The molecule has 2 aromatic heterocycles. The minimum atomic E-state index is -0.441. The summed E-state index contributed by atoms with van der Waals surface area (Å²) in [6.07, 6.45) is 4.69. The van der Waals surface area contributed by atoms with Gasteiger partial charge in [-0.1, -0.05) is 57.2 Å². The van der Waals surface area contributed by atoms with E-state index in [-0.39, 0.29) is 21.9 Å². The lowest BCUT2D eigenvalue weighted by Gasteiger charge is -2.16. The fraction of sp³-hybridized carbons (Fsp3) is 0.154. The van der Waals surface area contributed by atoms with E-state index in [9.17, 15) is 14.4 Å². The summed E-state index contributed by atoms with van der Waals surface area (Å²) in [5, 5.41) is 0.229. The molecule has 3 N–H and O–H groups in total. The highest BCUT2D eigenvalue weighted by Gasteiger charge is 2.26. The Labute approximate surface area is 188 Å². The van der Waals surface area contributed by atoms with Gasteiger partial charge in [-0.05, 0) is 34.9 Å². The third-order valence-corrected chi connectivity index (χ3v) is 5.75. The van der Waals surface area contributed by atoms with Gasteiger partial charge in [-0.3, -0.25) is 14.4 Å². The molecule has 164 valence electrons. The number of H-pyrrole nitrogens is 3. The zero-order valence-corrected chi connectivity index (χ0v) is 18.4. The van der Waals surface area contributed by atoms with E-state index in [1.54, 1.807) is 24.5 Å². The molecule has 7 heteroatoms. The molecular formula is C26H22N4O3. The summed E-state index contributed by atoms with van der Waals surface area (Å²) in [6.45, 7) is 6.09. The van der Waals surface area contributed by atoms with Crippen LogP contribution in [0.2, 0.25) is 0 Å². The van der Waals surface area contributed by atoms with Crippen molar-refractivity contribution in [3.8, 4) is 11.1 Å². The number of nitrogens with zero attached hydrogens (tertiary/aromatic N) is 1. The van der Waals surface area contributed by atoms with E-state index in [2.05, 4.69) is 19.9 Å². The molecule has 0 bridgehead atoms. The van der Waals surface area contributed by atoms with Crippen molar-refractivity contribution in [1.29, 1.82) is 0 Å². The molecule has 0 unspecified atom stereocenters. The molecule has 0 fully saturated rings. The first kappa shape index (κ1) is 20.6. The van der Waals surface area contributed by atoms with Gasteiger partial charge in [-0.25, -0.2) is 4.98 Å². The number of ketones is 1. The number of fused-ring (bicyclic) bond motifs is 3. The Morgan fingerprint density at radius 3 is 2.12 bits per heavy atom. The van der Waals surface area contributed by atoms with Gasteiger partial charge in [0.2, 0.25) is 0 Å². The van der Waals surface area contributed by atoms with Gasteiger partial charge in [-0.2, -0.15) is 0 Å². The molecule has 0 spiro atoms. The van der Waals surface area contributed by atoms with Crippen LogP contribution in [0.15, 0.2) is 58.4 Å². The van der Waals surface area contributed by atoms with Crippen LogP contribution < -0.4 is 21.8 Å². The number of carbonyl (C=O) groups is 1. The van der Waals surface area contributed by atoms with Crippen LogP contribution in [0.25, 0.3) is 23.3 Å². The van der Waals surface area contributed by atoms with Gasteiger partial charge in [0.05, 0.1) is 12.0 Å². The second-order valence-electron chi connectivity index (χ2n) is 9.12. The zero-order valence-electron chi connectivity index (χ0n) is 18.4. The van der Waals surface area contributed by atoms with Gasteiger partial charge in [0.25, 0.3) is 11.1 Å². The summed E-state index contributed by atoms with van der Waals surface area (Å²) in [5.74, 6) is -0.0446. The van der Waals surface area contributed by atoms with E-state index in [1.807, 2.05) is 57.2 Å². The van der Waals surface area contributed by atoms with Crippen molar-refractivity contribution in [2.45, 2.75) is 26.2 Å². The summed E-state index contributed by atoms with van der Waals surface area (Å²) in [5.41, 5.74) is 4.06. The highest BCUT2D eigenvalue weighted by atomic mass is 16.1. The molecule has 0 saturated carbocycles. The Kier molecular flexibility index (Phi) is 4.63. The van der Waals surface area contributed by atoms with Crippen LogP contribution in [0.5, 0.6) is 0 Å². The molecule has 33 heavy (non-hydrogen) atoms. The molecule has 2 aromatic carbocycles.